The second kappa shape index (κ2) is 12.3. The average molecular weight is 570 g/mol. The summed E-state index contributed by atoms with van der Waals surface area (Å²) in [4.78, 5) is 35.9. The van der Waals surface area contributed by atoms with Crippen molar-refractivity contribution in [1.29, 1.82) is 0 Å². The molecule has 2 amide bonds. The highest BCUT2D eigenvalue weighted by atomic mass is 19.4. The van der Waals surface area contributed by atoms with Gasteiger partial charge in [-0.15, -0.1) is 0 Å². The Morgan fingerprint density at radius 1 is 1.00 bits per heavy atom. The first-order valence-electron chi connectivity index (χ1n) is 14.4. The molecule has 2 unspecified atom stereocenters. The number of hydrogen-bond acceptors (Lipinski definition) is 5. The summed E-state index contributed by atoms with van der Waals surface area (Å²) in [5, 5.41) is 0.873. The number of alkyl halides is 3. The molecule has 0 bridgehead atoms. The Morgan fingerprint density at radius 3 is 2.34 bits per heavy atom. The molecule has 2 aliphatic rings. The summed E-state index contributed by atoms with van der Waals surface area (Å²) in [6, 6.07) is 11.4. The van der Waals surface area contributed by atoms with Gasteiger partial charge in [0.05, 0.1) is 18.2 Å². The van der Waals surface area contributed by atoms with E-state index in [9.17, 15) is 22.8 Å². The quantitative estimate of drug-likeness (QED) is 0.415. The molecule has 3 N–H and O–H groups in total. The highest BCUT2D eigenvalue weighted by molar-refractivity contribution is 5.98. The summed E-state index contributed by atoms with van der Waals surface area (Å²) in [7, 11) is 0. The highest BCUT2D eigenvalue weighted by Crippen LogP contribution is 2.34. The van der Waals surface area contributed by atoms with Gasteiger partial charge >= 0.3 is 6.18 Å². The summed E-state index contributed by atoms with van der Waals surface area (Å²) in [6.45, 7) is 4.12. The molecule has 220 valence electrons. The first kappa shape index (κ1) is 29.3. The highest BCUT2D eigenvalue weighted by Gasteiger charge is 2.41. The molecule has 3 heterocycles. The van der Waals surface area contributed by atoms with Crippen LogP contribution in [-0.4, -0.2) is 69.8 Å². The Kier molecular flexibility index (Phi) is 8.82. The van der Waals surface area contributed by atoms with Crippen LogP contribution < -0.4 is 5.73 Å². The minimum atomic E-state index is -4.61. The number of piperidine rings is 2. The number of rotatable bonds is 7. The summed E-state index contributed by atoms with van der Waals surface area (Å²) >= 11 is 0. The van der Waals surface area contributed by atoms with E-state index >= 15 is 0 Å². The SMILES string of the molecule is CC(=O)N(Cc1ccccc1C(F)(F)F)C(=O)C(C(N)c1c[nH]c2ccccc12)N1CCC(N2CCCCC2)CC1. The van der Waals surface area contributed by atoms with Crippen molar-refractivity contribution in [2.45, 2.75) is 69.9 Å². The van der Waals surface area contributed by atoms with Gasteiger partial charge in [0, 0.05) is 43.2 Å². The van der Waals surface area contributed by atoms with Gasteiger partial charge < -0.3 is 15.6 Å². The van der Waals surface area contributed by atoms with E-state index in [0.717, 1.165) is 53.4 Å². The van der Waals surface area contributed by atoms with Crippen LogP contribution in [0.1, 0.15) is 61.8 Å². The van der Waals surface area contributed by atoms with E-state index in [1.54, 1.807) is 6.20 Å². The van der Waals surface area contributed by atoms with Gasteiger partial charge in [-0.2, -0.15) is 13.2 Å². The number of likely N-dealkylation sites (tertiary alicyclic amines) is 2. The van der Waals surface area contributed by atoms with E-state index in [1.807, 2.05) is 29.2 Å². The maximum atomic E-state index is 14.3. The molecule has 7 nitrogen and oxygen atoms in total. The molecule has 2 fully saturated rings. The predicted molar refractivity (Wildman–Crippen MR) is 152 cm³/mol. The smallest absolute Gasteiger partial charge is 0.361 e. The zero-order valence-corrected chi connectivity index (χ0v) is 23.4. The third-order valence-corrected chi connectivity index (χ3v) is 8.67. The molecule has 0 radical (unpaired) electrons. The summed E-state index contributed by atoms with van der Waals surface area (Å²) in [6.07, 6.45) is 2.54. The van der Waals surface area contributed by atoms with Gasteiger partial charge in [-0.25, -0.2) is 0 Å². The van der Waals surface area contributed by atoms with E-state index in [1.165, 1.54) is 44.4 Å². The number of hydrogen-bond donors (Lipinski definition) is 2. The lowest BCUT2D eigenvalue weighted by atomic mass is 9.93. The van der Waals surface area contributed by atoms with Crippen molar-refractivity contribution < 1.29 is 22.8 Å². The molecule has 2 saturated heterocycles. The number of halogens is 3. The van der Waals surface area contributed by atoms with E-state index in [2.05, 4.69) is 9.88 Å². The van der Waals surface area contributed by atoms with Crippen LogP contribution in [-0.2, 0) is 22.3 Å². The molecule has 2 atom stereocenters. The van der Waals surface area contributed by atoms with Crippen LogP contribution in [0, 0.1) is 0 Å². The van der Waals surface area contributed by atoms with Gasteiger partial charge in [0.25, 0.3) is 0 Å². The van der Waals surface area contributed by atoms with Gasteiger partial charge in [-0.3, -0.25) is 19.4 Å². The van der Waals surface area contributed by atoms with E-state index in [-0.39, 0.29) is 5.56 Å². The number of carbonyl (C=O) groups is 2. The monoisotopic (exact) mass is 569 g/mol. The molecule has 5 rings (SSSR count). The number of para-hydroxylation sites is 1. The van der Waals surface area contributed by atoms with Gasteiger partial charge in [0.1, 0.15) is 6.04 Å². The topological polar surface area (TPSA) is 85.7 Å². The fourth-order valence-electron chi connectivity index (χ4n) is 6.50. The molecule has 10 heteroatoms. The lowest BCUT2D eigenvalue weighted by Crippen LogP contribution is -2.58. The first-order chi connectivity index (χ1) is 19.6. The molecule has 41 heavy (non-hydrogen) atoms. The van der Waals surface area contributed by atoms with Crippen LogP contribution in [0.15, 0.2) is 54.7 Å². The minimum absolute atomic E-state index is 0.133. The number of carbonyl (C=O) groups excluding carboxylic acids is 2. The molecule has 2 aliphatic heterocycles. The Morgan fingerprint density at radius 2 is 1.66 bits per heavy atom. The minimum Gasteiger partial charge on any atom is -0.361 e. The summed E-state index contributed by atoms with van der Waals surface area (Å²) in [5.74, 6) is -1.20. The number of benzene rings is 2. The van der Waals surface area contributed by atoms with Crippen LogP contribution in [0.2, 0.25) is 0 Å². The maximum absolute atomic E-state index is 14.3. The second-order valence-electron chi connectivity index (χ2n) is 11.2. The van der Waals surface area contributed by atoms with Crippen LogP contribution >= 0.6 is 0 Å². The Bertz CT molecular complexity index is 1360. The number of amides is 2. The van der Waals surface area contributed by atoms with Crippen LogP contribution in [0.3, 0.4) is 0 Å². The molecule has 1 aromatic heterocycles. The normalized spacial score (nSPS) is 19.2. The summed E-state index contributed by atoms with van der Waals surface area (Å²) in [5.41, 5.74) is 7.49. The number of nitrogens with two attached hydrogens (primary N) is 1. The molecular weight excluding hydrogens is 531 g/mol. The number of H-pyrrole nitrogens is 1. The van der Waals surface area contributed by atoms with Gasteiger partial charge in [-0.05, 0) is 62.0 Å². The van der Waals surface area contributed by atoms with Gasteiger partial charge in [0.15, 0.2) is 0 Å². The van der Waals surface area contributed by atoms with Crippen molar-refractivity contribution in [3.05, 3.63) is 71.4 Å². The van der Waals surface area contributed by atoms with E-state index in [4.69, 9.17) is 5.73 Å². The molecular formula is C31H38F3N5O2. The van der Waals surface area contributed by atoms with E-state index in [0.29, 0.717) is 19.1 Å². The fraction of sp³-hybridized carbons (Fsp3) is 0.484. The molecule has 0 aliphatic carbocycles. The van der Waals surface area contributed by atoms with Crippen molar-refractivity contribution in [2.75, 3.05) is 26.2 Å². The first-order valence-corrected chi connectivity index (χ1v) is 14.4. The molecule has 3 aromatic rings. The van der Waals surface area contributed by atoms with Gasteiger partial charge in [0.2, 0.25) is 11.8 Å². The Balaban J connectivity index is 1.46. The zero-order chi connectivity index (χ0) is 29.1. The summed E-state index contributed by atoms with van der Waals surface area (Å²) < 4.78 is 41.3. The van der Waals surface area contributed by atoms with Crippen molar-refractivity contribution in [1.82, 2.24) is 19.7 Å². The average Bonchev–Trinajstić information content (AvgIpc) is 3.40. The fourth-order valence-corrected chi connectivity index (χ4v) is 6.50. The van der Waals surface area contributed by atoms with Crippen molar-refractivity contribution >= 4 is 22.7 Å². The lowest BCUT2D eigenvalue weighted by molar-refractivity contribution is -0.150. The standard InChI is InChI=1S/C31H38F3N5O2/c1-21(40)39(20-22-9-3-5-11-26(22)31(32,33)34)30(41)29(28(35)25-19-36-27-12-6-4-10-24(25)27)38-17-13-23(14-18-38)37-15-7-2-8-16-37/h3-6,9-12,19,23,28-29,36H,2,7-8,13-18,20,35H2,1H3. The number of nitrogens with zero attached hydrogens (tertiary/aromatic N) is 3. The van der Waals surface area contributed by atoms with Crippen molar-refractivity contribution in [3.63, 3.8) is 0 Å². The lowest BCUT2D eigenvalue weighted by Gasteiger charge is -2.44. The largest absolute Gasteiger partial charge is 0.416 e. The molecule has 2 aromatic carbocycles. The van der Waals surface area contributed by atoms with Gasteiger partial charge in [-0.1, -0.05) is 42.8 Å². The van der Waals surface area contributed by atoms with Crippen LogP contribution in [0.4, 0.5) is 13.2 Å². The molecule has 0 saturated carbocycles. The van der Waals surface area contributed by atoms with Crippen LogP contribution in [0.5, 0.6) is 0 Å². The Labute approximate surface area is 238 Å². The number of aromatic nitrogens is 1. The molecule has 0 spiro atoms. The second-order valence-corrected chi connectivity index (χ2v) is 11.2. The predicted octanol–water partition coefficient (Wildman–Crippen LogP) is 5.08. The van der Waals surface area contributed by atoms with Crippen molar-refractivity contribution in [3.8, 4) is 0 Å². The zero-order valence-electron chi connectivity index (χ0n) is 23.4. The third-order valence-electron chi connectivity index (χ3n) is 8.67. The number of fused-ring (bicyclic) bond motifs is 1. The number of nitrogens with one attached hydrogen (secondary N) is 1. The Hall–Kier alpha value is -3.21. The van der Waals surface area contributed by atoms with Crippen molar-refractivity contribution in [2.24, 2.45) is 5.73 Å². The third kappa shape index (κ3) is 6.34. The van der Waals surface area contributed by atoms with E-state index < -0.39 is 42.2 Å². The number of imide groups is 1. The van der Waals surface area contributed by atoms with Crippen LogP contribution in [0.25, 0.3) is 10.9 Å². The number of aromatic amines is 1. The maximum Gasteiger partial charge on any atom is 0.416 e.